The summed E-state index contributed by atoms with van der Waals surface area (Å²) in [4.78, 5) is 28.8. The third kappa shape index (κ3) is 3.64. The Balaban J connectivity index is 1.59. The average Bonchev–Trinajstić information content (AvgIpc) is 2.60. The fraction of sp³-hybridized carbons (Fsp3) is 0.600. The van der Waals surface area contributed by atoms with Crippen molar-refractivity contribution in [3.63, 3.8) is 0 Å². The van der Waals surface area contributed by atoms with Gasteiger partial charge in [-0.2, -0.15) is 0 Å². The maximum Gasteiger partial charge on any atom is 0.227 e. The van der Waals surface area contributed by atoms with E-state index in [4.69, 9.17) is 9.47 Å². The highest BCUT2D eigenvalue weighted by Crippen LogP contribution is 2.32. The van der Waals surface area contributed by atoms with Gasteiger partial charge in [0.15, 0.2) is 0 Å². The van der Waals surface area contributed by atoms with Crippen molar-refractivity contribution in [1.29, 1.82) is 0 Å². The number of ether oxygens (including phenoxy) is 2. The number of carbonyl (C=O) groups excluding carboxylic acids is 2. The fourth-order valence-electron chi connectivity index (χ4n) is 3.74. The molecule has 142 valence electrons. The van der Waals surface area contributed by atoms with Crippen LogP contribution in [0.25, 0.3) is 0 Å². The smallest absolute Gasteiger partial charge is 0.227 e. The summed E-state index contributed by atoms with van der Waals surface area (Å²) in [7, 11) is 3.23. The normalized spacial score (nSPS) is 17.7. The van der Waals surface area contributed by atoms with Crippen molar-refractivity contribution in [3.8, 4) is 11.5 Å². The SMILES string of the molecule is COc1ccc(CC(=O)N2CCN(C(=O)C3CCC3)CC2)c(OC)c1C. The highest BCUT2D eigenvalue weighted by molar-refractivity contribution is 5.82. The molecule has 1 aromatic carbocycles. The van der Waals surface area contributed by atoms with E-state index in [0.29, 0.717) is 38.3 Å². The van der Waals surface area contributed by atoms with Gasteiger partial charge in [0, 0.05) is 43.2 Å². The molecule has 0 bridgehead atoms. The van der Waals surface area contributed by atoms with E-state index in [1.165, 1.54) is 0 Å². The van der Waals surface area contributed by atoms with Crippen LogP contribution in [0.5, 0.6) is 11.5 Å². The summed E-state index contributed by atoms with van der Waals surface area (Å²) < 4.78 is 10.8. The summed E-state index contributed by atoms with van der Waals surface area (Å²) in [5, 5.41) is 0. The Bertz CT molecular complexity index is 677. The average molecular weight is 360 g/mol. The van der Waals surface area contributed by atoms with Gasteiger partial charge < -0.3 is 19.3 Å². The fourth-order valence-corrected chi connectivity index (χ4v) is 3.74. The first-order chi connectivity index (χ1) is 12.5. The molecule has 0 radical (unpaired) electrons. The summed E-state index contributed by atoms with van der Waals surface area (Å²) in [6.45, 7) is 4.42. The van der Waals surface area contributed by atoms with Crippen molar-refractivity contribution in [2.45, 2.75) is 32.6 Å². The maximum atomic E-state index is 12.7. The van der Waals surface area contributed by atoms with Crippen LogP contribution in [0, 0.1) is 12.8 Å². The number of methoxy groups -OCH3 is 2. The molecule has 2 fully saturated rings. The monoisotopic (exact) mass is 360 g/mol. The van der Waals surface area contributed by atoms with Gasteiger partial charge in [0.2, 0.25) is 11.8 Å². The van der Waals surface area contributed by atoms with E-state index in [2.05, 4.69) is 0 Å². The number of nitrogens with zero attached hydrogens (tertiary/aromatic N) is 2. The van der Waals surface area contributed by atoms with Gasteiger partial charge in [-0.1, -0.05) is 12.5 Å². The standard InChI is InChI=1S/C20H28N2O4/c1-14-17(25-2)8-7-16(19(14)26-3)13-18(23)21-9-11-22(12-10-21)20(24)15-5-4-6-15/h7-8,15H,4-6,9-13H2,1-3H3. The largest absolute Gasteiger partial charge is 0.496 e. The number of carbonyl (C=O) groups is 2. The van der Waals surface area contributed by atoms with E-state index in [1.54, 1.807) is 14.2 Å². The predicted molar refractivity (Wildman–Crippen MR) is 98.5 cm³/mol. The van der Waals surface area contributed by atoms with E-state index in [-0.39, 0.29) is 17.7 Å². The molecule has 1 aliphatic heterocycles. The van der Waals surface area contributed by atoms with Crippen LogP contribution in [-0.2, 0) is 16.0 Å². The molecule has 0 spiro atoms. The summed E-state index contributed by atoms with van der Waals surface area (Å²) in [5.74, 6) is 2.03. The number of benzene rings is 1. The molecule has 1 saturated heterocycles. The molecule has 26 heavy (non-hydrogen) atoms. The second-order valence-corrected chi connectivity index (χ2v) is 7.10. The van der Waals surface area contributed by atoms with Crippen LogP contribution in [0.4, 0.5) is 0 Å². The predicted octanol–water partition coefficient (Wildman–Crippen LogP) is 2.03. The third-order valence-corrected chi connectivity index (χ3v) is 5.60. The number of rotatable bonds is 5. The Kier molecular flexibility index (Phi) is 5.69. The molecule has 0 unspecified atom stereocenters. The Hall–Kier alpha value is -2.24. The van der Waals surface area contributed by atoms with Crippen molar-refractivity contribution in [2.24, 2.45) is 5.92 Å². The quantitative estimate of drug-likeness (QED) is 0.806. The zero-order valence-electron chi connectivity index (χ0n) is 15.9. The van der Waals surface area contributed by atoms with Crippen molar-refractivity contribution in [2.75, 3.05) is 40.4 Å². The maximum absolute atomic E-state index is 12.7. The minimum absolute atomic E-state index is 0.0728. The van der Waals surface area contributed by atoms with Crippen LogP contribution in [-0.4, -0.2) is 62.0 Å². The number of hydrogen-bond acceptors (Lipinski definition) is 4. The molecule has 3 rings (SSSR count). The van der Waals surface area contributed by atoms with Gasteiger partial charge in [-0.3, -0.25) is 9.59 Å². The first kappa shape index (κ1) is 18.5. The van der Waals surface area contributed by atoms with Gasteiger partial charge in [0.25, 0.3) is 0 Å². The van der Waals surface area contributed by atoms with Crippen molar-refractivity contribution < 1.29 is 19.1 Å². The second-order valence-electron chi connectivity index (χ2n) is 7.10. The van der Waals surface area contributed by atoms with Crippen molar-refractivity contribution in [3.05, 3.63) is 23.3 Å². The molecule has 2 amide bonds. The molecule has 1 heterocycles. The lowest BCUT2D eigenvalue weighted by atomic mass is 9.84. The zero-order chi connectivity index (χ0) is 18.7. The first-order valence-corrected chi connectivity index (χ1v) is 9.32. The number of hydrogen-bond donors (Lipinski definition) is 0. The minimum atomic E-state index is 0.0728. The van der Waals surface area contributed by atoms with Gasteiger partial charge in [0.1, 0.15) is 11.5 Å². The van der Waals surface area contributed by atoms with Gasteiger partial charge >= 0.3 is 0 Å². The van der Waals surface area contributed by atoms with E-state index < -0.39 is 0 Å². The van der Waals surface area contributed by atoms with Crippen molar-refractivity contribution >= 4 is 11.8 Å². The third-order valence-electron chi connectivity index (χ3n) is 5.60. The molecule has 6 heteroatoms. The minimum Gasteiger partial charge on any atom is -0.496 e. The molecule has 1 aromatic rings. The van der Waals surface area contributed by atoms with E-state index in [1.807, 2.05) is 28.9 Å². The Morgan fingerprint density at radius 2 is 1.69 bits per heavy atom. The second kappa shape index (κ2) is 7.98. The zero-order valence-corrected chi connectivity index (χ0v) is 15.9. The molecule has 1 aliphatic carbocycles. The Morgan fingerprint density at radius 3 is 2.23 bits per heavy atom. The number of piperazine rings is 1. The van der Waals surface area contributed by atoms with Crippen LogP contribution in [0.1, 0.15) is 30.4 Å². The van der Waals surface area contributed by atoms with E-state index in [9.17, 15) is 9.59 Å². The van der Waals surface area contributed by atoms with Crippen LogP contribution >= 0.6 is 0 Å². The van der Waals surface area contributed by atoms with Crippen LogP contribution in [0.2, 0.25) is 0 Å². The molecule has 0 aromatic heterocycles. The van der Waals surface area contributed by atoms with Crippen molar-refractivity contribution in [1.82, 2.24) is 9.80 Å². The van der Waals surface area contributed by atoms with Crippen LogP contribution in [0.15, 0.2) is 12.1 Å². The van der Waals surface area contributed by atoms with E-state index in [0.717, 1.165) is 36.1 Å². The first-order valence-electron chi connectivity index (χ1n) is 9.32. The molecular weight excluding hydrogens is 332 g/mol. The van der Waals surface area contributed by atoms with Crippen LogP contribution < -0.4 is 9.47 Å². The van der Waals surface area contributed by atoms with E-state index >= 15 is 0 Å². The molecule has 0 atom stereocenters. The van der Waals surface area contributed by atoms with Gasteiger partial charge in [-0.05, 0) is 25.8 Å². The summed E-state index contributed by atoms with van der Waals surface area (Å²) >= 11 is 0. The molecule has 2 aliphatic rings. The van der Waals surface area contributed by atoms with Gasteiger partial charge in [-0.25, -0.2) is 0 Å². The molecule has 0 N–H and O–H groups in total. The molecule has 1 saturated carbocycles. The lowest BCUT2D eigenvalue weighted by Crippen LogP contribution is -2.52. The Labute approximate surface area is 155 Å². The van der Waals surface area contributed by atoms with Crippen LogP contribution in [0.3, 0.4) is 0 Å². The molecule has 6 nitrogen and oxygen atoms in total. The number of amides is 2. The summed E-state index contributed by atoms with van der Waals surface area (Å²) in [5.41, 5.74) is 1.76. The summed E-state index contributed by atoms with van der Waals surface area (Å²) in [6.07, 6.45) is 3.51. The molecular formula is C20H28N2O4. The van der Waals surface area contributed by atoms with Gasteiger partial charge in [-0.15, -0.1) is 0 Å². The lowest BCUT2D eigenvalue weighted by molar-refractivity contribution is -0.143. The summed E-state index contributed by atoms with van der Waals surface area (Å²) in [6, 6.07) is 3.76. The van der Waals surface area contributed by atoms with Gasteiger partial charge in [0.05, 0.1) is 20.6 Å². The topological polar surface area (TPSA) is 59.1 Å². The lowest BCUT2D eigenvalue weighted by Gasteiger charge is -2.38. The highest BCUT2D eigenvalue weighted by atomic mass is 16.5. The highest BCUT2D eigenvalue weighted by Gasteiger charge is 2.32. The Morgan fingerprint density at radius 1 is 1.04 bits per heavy atom.